The van der Waals surface area contributed by atoms with E-state index in [0.29, 0.717) is 18.8 Å². The summed E-state index contributed by atoms with van der Waals surface area (Å²) in [5, 5.41) is 11.6. The fourth-order valence-corrected chi connectivity index (χ4v) is 1.80. The number of hydrogen-bond acceptors (Lipinski definition) is 5. The van der Waals surface area contributed by atoms with Crippen molar-refractivity contribution in [2.24, 2.45) is 5.73 Å². The van der Waals surface area contributed by atoms with Gasteiger partial charge in [0, 0.05) is 37.6 Å². The Bertz CT molecular complexity index is 606. The highest BCUT2D eigenvalue weighted by Gasteiger charge is 2.22. The molecule has 0 bridgehead atoms. The molecule has 0 radical (unpaired) electrons. The van der Waals surface area contributed by atoms with E-state index in [0.717, 1.165) is 0 Å². The highest BCUT2D eigenvalue weighted by molar-refractivity contribution is 5.94. The van der Waals surface area contributed by atoms with Gasteiger partial charge in [0.2, 0.25) is 0 Å². The Morgan fingerprint density at radius 2 is 2.33 bits per heavy atom. The zero-order valence-electron chi connectivity index (χ0n) is 11.2. The molecule has 0 aromatic carbocycles. The Morgan fingerprint density at radius 3 is 2.95 bits per heavy atom. The lowest BCUT2D eigenvalue weighted by molar-refractivity contribution is -0.139. The predicted molar refractivity (Wildman–Crippen MR) is 72.5 cm³/mol. The third-order valence-corrected chi connectivity index (χ3v) is 2.84. The SMILES string of the molecule is NCCn1cnc(C(=O)N[C@H](Cc2cnc[nH]2)C(=O)O)c1. The van der Waals surface area contributed by atoms with Crippen LogP contribution >= 0.6 is 0 Å². The second kappa shape index (κ2) is 6.66. The first-order valence-corrected chi connectivity index (χ1v) is 6.33. The number of rotatable bonds is 7. The van der Waals surface area contributed by atoms with Crippen molar-refractivity contribution in [3.05, 3.63) is 36.4 Å². The standard InChI is InChI=1S/C12H16N6O3/c13-1-2-18-5-10(16-7-18)11(19)17-9(12(20)21)3-8-4-14-6-15-8/h4-7,9H,1-3,13H2,(H,14,15)(H,17,19)(H,20,21)/t9-/m1/s1. The number of carboxylic acid groups (broad SMARTS) is 1. The van der Waals surface area contributed by atoms with Crippen molar-refractivity contribution in [1.82, 2.24) is 24.8 Å². The van der Waals surface area contributed by atoms with E-state index in [4.69, 9.17) is 10.8 Å². The number of carboxylic acids is 1. The average molecular weight is 292 g/mol. The number of carbonyl (C=O) groups excluding carboxylic acids is 1. The monoisotopic (exact) mass is 292 g/mol. The number of nitrogens with two attached hydrogens (primary N) is 1. The number of H-pyrrole nitrogens is 1. The largest absolute Gasteiger partial charge is 0.480 e. The van der Waals surface area contributed by atoms with Crippen LogP contribution in [-0.2, 0) is 17.8 Å². The summed E-state index contributed by atoms with van der Waals surface area (Å²) in [6.07, 6.45) is 6.08. The fourth-order valence-electron chi connectivity index (χ4n) is 1.80. The van der Waals surface area contributed by atoms with Gasteiger partial charge in [-0.05, 0) is 0 Å². The molecular weight excluding hydrogens is 276 g/mol. The molecule has 0 unspecified atom stereocenters. The molecule has 2 aromatic rings. The van der Waals surface area contributed by atoms with Crippen LogP contribution in [0.3, 0.4) is 0 Å². The molecule has 0 saturated heterocycles. The molecule has 9 heteroatoms. The number of aliphatic carboxylic acids is 1. The Labute approximate surface area is 120 Å². The Kier molecular flexibility index (Phi) is 4.67. The fraction of sp³-hybridized carbons (Fsp3) is 0.333. The van der Waals surface area contributed by atoms with Crippen LogP contribution in [-0.4, -0.2) is 49.1 Å². The summed E-state index contributed by atoms with van der Waals surface area (Å²) < 4.78 is 1.67. The van der Waals surface area contributed by atoms with Gasteiger partial charge < -0.3 is 25.7 Å². The van der Waals surface area contributed by atoms with Crippen molar-refractivity contribution >= 4 is 11.9 Å². The number of carbonyl (C=O) groups is 2. The highest BCUT2D eigenvalue weighted by atomic mass is 16.4. The van der Waals surface area contributed by atoms with Gasteiger partial charge in [-0.1, -0.05) is 0 Å². The van der Waals surface area contributed by atoms with Gasteiger partial charge in [0.1, 0.15) is 11.7 Å². The number of nitrogens with one attached hydrogen (secondary N) is 2. The van der Waals surface area contributed by atoms with Crippen LogP contribution in [0.1, 0.15) is 16.2 Å². The lowest BCUT2D eigenvalue weighted by Crippen LogP contribution is -2.42. The molecule has 0 saturated carbocycles. The van der Waals surface area contributed by atoms with Crippen LogP contribution in [0.25, 0.3) is 0 Å². The van der Waals surface area contributed by atoms with Crippen LogP contribution in [0, 0.1) is 0 Å². The second-order valence-electron chi connectivity index (χ2n) is 4.43. The quantitative estimate of drug-likeness (QED) is 0.515. The first-order chi connectivity index (χ1) is 10.1. The molecule has 0 aliphatic rings. The van der Waals surface area contributed by atoms with E-state index in [-0.39, 0.29) is 12.1 Å². The lowest BCUT2D eigenvalue weighted by Gasteiger charge is -2.12. The molecule has 0 aliphatic carbocycles. The maximum Gasteiger partial charge on any atom is 0.326 e. The summed E-state index contributed by atoms with van der Waals surface area (Å²) in [4.78, 5) is 33.7. The van der Waals surface area contributed by atoms with Crippen LogP contribution < -0.4 is 11.1 Å². The van der Waals surface area contributed by atoms with E-state index in [2.05, 4.69) is 20.3 Å². The summed E-state index contributed by atoms with van der Waals surface area (Å²) >= 11 is 0. The Morgan fingerprint density at radius 1 is 1.52 bits per heavy atom. The number of aromatic nitrogens is 4. The molecule has 0 spiro atoms. The molecule has 0 aliphatic heterocycles. The summed E-state index contributed by atoms with van der Waals surface area (Å²) in [5.41, 5.74) is 6.18. The first-order valence-electron chi connectivity index (χ1n) is 6.33. The molecule has 112 valence electrons. The molecule has 0 fully saturated rings. The van der Waals surface area contributed by atoms with Crippen molar-refractivity contribution in [2.45, 2.75) is 19.0 Å². The number of hydrogen-bond donors (Lipinski definition) is 4. The van der Waals surface area contributed by atoms with Crippen LogP contribution in [0.4, 0.5) is 0 Å². The van der Waals surface area contributed by atoms with Crippen molar-refractivity contribution in [1.29, 1.82) is 0 Å². The summed E-state index contributed by atoms with van der Waals surface area (Å²) in [6, 6.07) is -1.06. The van der Waals surface area contributed by atoms with E-state index >= 15 is 0 Å². The van der Waals surface area contributed by atoms with Crippen LogP contribution in [0.15, 0.2) is 25.0 Å². The third-order valence-electron chi connectivity index (χ3n) is 2.84. The zero-order valence-corrected chi connectivity index (χ0v) is 11.2. The lowest BCUT2D eigenvalue weighted by atomic mass is 10.1. The van der Waals surface area contributed by atoms with Crippen molar-refractivity contribution in [3.8, 4) is 0 Å². The van der Waals surface area contributed by atoms with Gasteiger partial charge in [-0.15, -0.1) is 0 Å². The molecule has 2 heterocycles. The minimum Gasteiger partial charge on any atom is -0.480 e. The molecule has 1 atom stereocenters. The molecule has 2 aromatic heterocycles. The highest BCUT2D eigenvalue weighted by Crippen LogP contribution is 2.02. The summed E-state index contributed by atoms with van der Waals surface area (Å²) in [7, 11) is 0. The van der Waals surface area contributed by atoms with E-state index in [9.17, 15) is 9.59 Å². The van der Waals surface area contributed by atoms with Crippen LogP contribution in [0.5, 0.6) is 0 Å². The predicted octanol–water partition coefficient (Wildman–Crippen LogP) is -1.01. The molecule has 2 rings (SSSR count). The average Bonchev–Trinajstić information content (AvgIpc) is 3.09. The Balaban J connectivity index is 2.01. The smallest absolute Gasteiger partial charge is 0.326 e. The van der Waals surface area contributed by atoms with Gasteiger partial charge in [-0.25, -0.2) is 14.8 Å². The summed E-state index contributed by atoms with van der Waals surface area (Å²) in [6.45, 7) is 0.964. The van der Waals surface area contributed by atoms with Gasteiger partial charge in [0.15, 0.2) is 0 Å². The van der Waals surface area contributed by atoms with Crippen LogP contribution in [0.2, 0.25) is 0 Å². The Hall–Kier alpha value is -2.68. The van der Waals surface area contributed by atoms with E-state index in [1.807, 2.05) is 0 Å². The number of nitrogens with zero attached hydrogens (tertiary/aromatic N) is 3. The summed E-state index contributed by atoms with van der Waals surface area (Å²) in [5.74, 6) is -1.67. The number of amides is 1. The van der Waals surface area contributed by atoms with Gasteiger partial charge in [-0.2, -0.15) is 0 Å². The third kappa shape index (κ3) is 3.89. The second-order valence-corrected chi connectivity index (χ2v) is 4.43. The van der Waals surface area contributed by atoms with Gasteiger partial charge in [0.25, 0.3) is 5.91 Å². The zero-order chi connectivity index (χ0) is 15.2. The maximum atomic E-state index is 12.0. The maximum absolute atomic E-state index is 12.0. The molecular formula is C12H16N6O3. The normalized spacial score (nSPS) is 12.0. The van der Waals surface area contributed by atoms with Gasteiger partial charge in [-0.3, -0.25) is 4.79 Å². The number of aromatic amines is 1. The van der Waals surface area contributed by atoms with Gasteiger partial charge in [0.05, 0.1) is 12.7 Å². The first kappa shape index (κ1) is 14.7. The molecule has 9 nitrogen and oxygen atoms in total. The molecule has 1 amide bonds. The van der Waals surface area contributed by atoms with Crippen molar-refractivity contribution < 1.29 is 14.7 Å². The topological polar surface area (TPSA) is 139 Å². The minimum absolute atomic E-state index is 0.116. The van der Waals surface area contributed by atoms with Gasteiger partial charge >= 0.3 is 5.97 Å². The van der Waals surface area contributed by atoms with E-state index < -0.39 is 17.9 Å². The van der Waals surface area contributed by atoms with Crippen molar-refractivity contribution in [3.63, 3.8) is 0 Å². The molecule has 5 N–H and O–H groups in total. The van der Waals surface area contributed by atoms with E-state index in [1.165, 1.54) is 25.0 Å². The van der Waals surface area contributed by atoms with Crippen molar-refractivity contribution in [2.75, 3.05) is 6.54 Å². The van der Waals surface area contributed by atoms with E-state index in [1.54, 1.807) is 4.57 Å². The minimum atomic E-state index is -1.13. The molecule has 21 heavy (non-hydrogen) atoms. The number of imidazole rings is 2.